The highest BCUT2D eigenvalue weighted by molar-refractivity contribution is 6.95. The molecule has 36 heavy (non-hydrogen) atoms. The second-order valence-corrected chi connectivity index (χ2v) is 24.6. The molecule has 0 N–H and O–H groups in total. The van der Waals surface area contributed by atoms with Crippen molar-refractivity contribution < 1.29 is 16.5 Å². The van der Waals surface area contributed by atoms with Crippen LogP contribution in [-0.2, 0) is 16.5 Å². The van der Waals surface area contributed by atoms with Gasteiger partial charge in [-0.1, -0.05) is 103 Å². The van der Waals surface area contributed by atoms with E-state index in [-0.39, 0.29) is 0 Å². The first-order valence-electron chi connectivity index (χ1n) is 14.6. The zero-order valence-electron chi connectivity index (χ0n) is 24.1. The van der Waals surface area contributed by atoms with E-state index in [1.807, 2.05) is 24.3 Å². The van der Waals surface area contributed by atoms with Crippen LogP contribution in [0.25, 0.3) is 0 Å². The molecule has 1 fully saturated rings. The van der Waals surface area contributed by atoms with Crippen LogP contribution in [0.15, 0.2) is 50.6 Å². The van der Waals surface area contributed by atoms with Gasteiger partial charge in [-0.2, -0.15) is 0 Å². The minimum absolute atomic E-state index is 0.779. The Bertz CT molecular complexity index is 550. The molecule has 1 saturated heterocycles. The number of unbranched alkanes of at least 4 members (excludes halogenated alkanes) is 4. The fraction of sp³-hybridized carbons (Fsp3) is 0.714. The van der Waals surface area contributed by atoms with Gasteiger partial charge in [0.05, 0.1) is 0 Å². The lowest BCUT2D eigenvalue weighted by molar-refractivity contribution is 0.211. The van der Waals surface area contributed by atoms with Crippen molar-refractivity contribution in [3.63, 3.8) is 0 Å². The van der Waals surface area contributed by atoms with E-state index in [2.05, 4.69) is 54.0 Å². The Morgan fingerprint density at radius 2 is 0.611 bits per heavy atom. The third-order valence-electron chi connectivity index (χ3n) is 6.95. The van der Waals surface area contributed by atoms with E-state index in [0.29, 0.717) is 0 Å². The lowest BCUT2D eigenvalue weighted by atomic mass is 10.4. The van der Waals surface area contributed by atoms with Gasteiger partial charge < -0.3 is 16.5 Å². The number of hydrogen-bond donors (Lipinski definition) is 0. The van der Waals surface area contributed by atoms with Gasteiger partial charge >= 0.3 is 34.2 Å². The highest BCUT2D eigenvalue weighted by Gasteiger charge is 2.60. The fourth-order valence-corrected chi connectivity index (χ4v) is 30.3. The zero-order valence-corrected chi connectivity index (χ0v) is 28.1. The maximum Gasteiger partial charge on any atom is 0.324 e. The number of hydrogen-bond acceptors (Lipinski definition) is 4. The summed E-state index contributed by atoms with van der Waals surface area (Å²) in [6.45, 7) is 25.6. The summed E-state index contributed by atoms with van der Waals surface area (Å²) >= 11 is 0. The normalized spacial score (nSPS) is 30.8. The van der Waals surface area contributed by atoms with E-state index in [1.165, 1.54) is 0 Å². The lowest BCUT2D eigenvalue weighted by Gasteiger charge is -2.53. The first kappa shape index (κ1) is 33.7. The summed E-state index contributed by atoms with van der Waals surface area (Å²) in [6.07, 6.45) is 16.9. The standard InChI is InChI=1S/C28H56O4Si4/c1-9-17-25-33(21-13-5)29-34(22-14-6,26-18-10-2)31-36(24-16-8,28-20-12-4)32-35(30-33,23-15-7)27-19-11-3/h13-16H,5-12,17-28H2,1-4H3. The maximum atomic E-state index is 7.53. The van der Waals surface area contributed by atoms with Crippen molar-refractivity contribution in [1.29, 1.82) is 0 Å². The Labute approximate surface area is 228 Å². The molecule has 1 aliphatic heterocycles. The maximum absolute atomic E-state index is 7.53. The van der Waals surface area contributed by atoms with Gasteiger partial charge in [-0.15, -0.1) is 26.3 Å². The van der Waals surface area contributed by atoms with Crippen LogP contribution in [0.3, 0.4) is 0 Å². The van der Waals surface area contributed by atoms with Gasteiger partial charge in [-0.3, -0.25) is 0 Å². The van der Waals surface area contributed by atoms with Crippen LogP contribution in [0.2, 0.25) is 48.4 Å². The molecule has 0 saturated carbocycles. The molecule has 0 bridgehead atoms. The average molecular weight is 569 g/mol. The molecular formula is C28H56O4Si4. The Balaban J connectivity index is 3.86. The number of allylic oxidation sites excluding steroid dienone is 4. The van der Waals surface area contributed by atoms with Gasteiger partial charge in [0, 0.05) is 24.2 Å². The summed E-state index contributed by atoms with van der Waals surface area (Å²) in [5.74, 6) is 0. The second-order valence-electron chi connectivity index (χ2n) is 10.4. The van der Waals surface area contributed by atoms with Crippen molar-refractivity contribution >= 4 is 34.2 Å². The zero-order chi connectivity index (χ0) is 27.0. The van der Waals surface area contributed by atoms with Crippen LogP contribution >= 0.6 is 0 Å². The molecule has 0 amide bonds. The van der Waals surface area contributed by atoms with Gasteiger partial charge in [-0.25, -0.2) is 0 Å². The second kappa shape index (κ2) is 17.3. The van der Waals surface area contributed by atoms with Gasteiger partial charge in [-0.05, 0) is 24.2 Å². The van der Waals surface area contributed by atoms with E-state index in [4.69, 9.17) is 16.5 Å². The molecule has 0 radical (unpaired) electrons. The minimum atomic E-state index is -2.69. The molecule has 8 heteroatoms. The van der Waals surface area contributed by atoms with E-state index in [9.17, 15) is 0 Å². The summed E-state index contributed by atoms with van der Waals surface area (Å²) in [6, 6.07) is 6.96. The molecule has 0 aromatic heterocycles. The molecule has 0 aliphatic carbocycles. The van der Waals surface area contributed by atoms with Gasteiger partial charge in [0.25, 0.3) is 0 Å². The van der Waals surface area contributed by atoms with Gasteiger partial charge in [0.15, 0.2) is 0 Å². The van der Waals surface area contributed by atoms with Gasteiger partial charge in [0.2, 0.25) is 0 Å². The third-order valence-corrected chi connectivity index (χ3v) is 27.0. The molecule has 1 rings (SSSR count). The Kier molecular flexibility index (Phi) is 16.2. The van der Waals surface area contributed by atoms with Gasteiger partial charge in [0.1, 0.15) is 0 Å². The molecule has 0 spiro atoms. The fourth-order valence-electron chi connectivity index (χ4n) is 5.25. The molecule has 0 unspecified atom stereocenters. The summed E-state index contributed by atoms with van der Waals surface area (Å²) in [5.41, 5.74) is 0. The van der Waals surface area contributed by atoms with Crippen LogP contribution in [0.4, 0.5) is 0 Å². The predicted octanol–water partition coefficient (Wildman–Crippen LogP) is 9.78. The van der Waals surface area contributed by atoms with E-state index in [1.54, 1.807) is 0 Å². The topological polar surface area (TPSA) is 36.9 Å². The predicted molar refractivity (Wildman–Crippen MR) is 166 cm³/mol. The van der Waals surface area contributed by atoms with Crippen molar-refractivity contribution in [2.45, 2.75) is 127 Å². The van der Waals surface area contributed by atoms with Crippen LogP contribution in [0, 0.1) is 0 Å². The Morgan fingerprint density at radius 3 is 0.750 bits per heavy atom. The van der Waals surface area contributed by atoms with Crippen LogP contribution in [-0.4, -0.2) is 34.2 Å². The third kappa shape index (κ3) is 10.1. The summed E-state index contributed by atoms with van der Waals surface area (Å²) in [7, 11) is -10.8. The summed E-state index contributed by atoms with van der Waals surface area (Å²) in [5, 5.41) is 0. The molecule has 4 nitrogen and oxygen atoms in total. The van der Waals surface area contributed by atoms with Crippen molar-refractivity contribution in [2.24, 2.45) is 0 Å². The van der Waals surface area contributed by atoms with Crippen LogP contribution < -0.4 is 0 Å². The van der Waals surface area contributed by atoms with Crippen molar-refractivity contribution in [1.82, 2.24) is 0 Å². The average Bonchev–Trinajstić information content (AvgIpc) is 2.84. The molecule has 208 valence electrons. The Morgan fingerprint density at radius 1 is 0.417 bits per heavy atom. The van der Waals surface area contributed by atoms with Crippen LogP contribution in [0.5, 0.6) is 0 Å². The highest BCUT2D eigenvalue weighted by Crippen LogP contribution is 2.44. The monoisotopic (exact) mass is 568 g/mol. The molecule has 0 aromatic rings. The molecule has 1 heterocycles. The van der Waals surface area contributed by atoms with Crippen molar-refractivity contribution in [3.05, 3.63) is 50.6 Å². The molecule has 0 atom stereocenters. The van der Waals surface area contributed by atoms with Crippen molar-refractivity contribution in [2.75, 3.05) is 0 Å². The smallest absolute Gasteiger partial charge is 0.324 e. The lowest BCUT2D eigenvalue weighted by Crippen LogP contribution is -2.69. The largest absolute Gasteiger partial charge is 0.415 e. The minimum Gasteiger partial charge on any atom is -0.415 e. The Hall–Kier alpha value is -0.332. The number of rotatable bonds is 20. The first-order valence-corrected chi connectivity index (χ1v) is 23.5. The first-order chi connectivity index (χ1) is 17.3. The van der Waals surface area contributed by atoms with E-state index in [0.717, 1.165) is 99.7 Å². The summed E-state index contributed by atoms with van der Waals surface area (Å²) in [4.78, 5) is 0. The summed E-state index contributed by atoms with van der Waals surface area (Å²) < 4.78 is 30.1. The molecular weight excluding hydrogens is 513 g/mol. The van der Waals surface area contributed by atoms with Crippen LogP contribution in [0.1, 0.15) is 79.1 Å². The molecule has 1 aliphatic rings. The molecule has 0 aromatic carbocycles. The van der Waals surface area contributed by atoms with E-state index < -0.39 is 34.2 Å². The SMILES string of the molecule is C=CC[Si]1(CCCC)O[Si](CC=C)(CCCC)O[Si](CC=C)(CCCC)O[Si](CC=C)(CCCC)O1. The van der Waals surface area contributed by atoms with Crippen molar-refractivity contribution in [3.8, 4) is 0 Å². The highest BCUT2D eigenvalue weighted by atomic mass is 28.5. The van der Waals surface area contributed by atoms with E-state index >= 15 is 0 Å². The quantitative estimate of drug-likeness (QED) is 0.108.